The molecule has 1 saturated carbocycles. The first-order valence-electron chi connectivity index (χ1n) is 8.92. The number of rotatable bonds is 7. The van der Waals surface area contributed by atoms with Crippen LogP contribution < -0.4 is 26.8 Å². The summed E-state index contributed by atoms with van der Waals surface area (Å²) in [6.07, 6.45) is 1.52. The third kappa shape index (κ3) is 3.88. The van der Waals surface area contributed by atoms with Gasteiger partial charge in [-0.15, -0.1) is 0 Å². The van der Waals surface area contributed by atoms with Crippen LogP contribution in [0.3, 0.4) is 0 Å². The molecule has 3 atom stereocenters. The molecule has 30 heavy (non-hydrogen) atoms. The zero-order chi connectivity index (χ0) is 22.1. The minimum Gasteiger partial charge on any atom is -0.495 e. The summed E-state index contributed by atoms with van der Waals surface area (Å²) in [4.78, 5) is 27.8. The van der Waals surface area contributed by atoms with E-state index in [2.05, 4.69) is 15.6 Å². The predicted molar refractivity (Wildman–Crippen MR) is 102 cm³/mol. The van der Waals surface area contributed by atoms with E-state index in [1.54, 1.807) is 0 Å². The molecule has 11 heteroatoms. The summed E-state index contributed by atoms with van der Waals surface area (Å²) in [5.74, 6) is -3.51. The molecule has 6 N–H and O–H groups in total. The first-order valence-corrected chi connectivity index (χ1v) is 8.92. The molecule has 1 aliphatic rings. The molecular formula is C19H20F3N5O3. The van der Waals surface area contributed by atoms with Crippen LogP contribution in [0.15, 0.2) is 30.5 Å². The summed E-state index contributed by atoms with van der Waals surface area (Å²) in [5, 5.41) is 4.39. The van der Waals surface area contributed by atoms with Crippen molar-refractivity contribution in [1.82, 2.24) is 10.3 Å². The zero-order valence-corrected chi connectivity index (χ0v) is 15.9. The van der Waals surface area contributed by atoms with E-state index in [9.17, 15) is 18.4 Å². The van der Waals surface area contributed by atoms with Crippen molar-refractivity contribution >= 4 is 17.6 Å². The van der Waals surface area contributed by atoms with Gasteiger partial charge in [0.1, 0.15) is 29.5 Å². The lowest BCUT2D eigenvalue weighted by Crippen LogP contribution is -2.53. The molecule has 0 unspecified atom stereocenters. The van der Waals surface area contributed by atoms with Crippen molar-refractivity contribution in [1.29, 1.82) is 0 Å². The lowest BCUT2D eigenvalue weighted by atomic mass is 9.84. The van der Waals surface area contributed by atoms with Gasteiger partial charge in [0.25, 0.3) is 5.91 Å². The number of nitrogens with one attached hydrogen (secondary N) is 2. The van der Waals surface area contributed by atoms with Crippen LogP contribution in [0.25, 0.3) is 0 Å². The number of urea groups is 1. The number of carbonyl (C=O) groups is 2. The molecule has 1 aliphatic carbocycles. The highest BCUT2D eigenvalue weighted by molar-refractivity contribution is 6.03. The summed E-state index contributed by atoms with van der Waals surface area (Å²) in [6.45, 7) is -1.35. The number of carbonyl (C=O) groups excluding carboxylic acids is 2. The second kappa shape index (κ2) is 8.19. The number of hydrogen-bond donors (Lipinski definition) is 4. The fourth-order valence-electron chi connectivity index (χ4n) is 3.42. The van der Waals surface area contributed by atoms with Crippen LogP contribution in [0.4, 0.5) is 23.7 Å². The largest absolute Gasteiger partial charge is 0.495 e. The van der Waals surface area contributed by atoms with E-state index in [0.29, 0.717) is 5.75 Å². The minimum atomic E-state index is -2.10. The highest BCUT2D eigenvalue weighted by Crippen LogP contribution is 2.47. The highest BCUT2D eigenvalue weighted by Gasteiger charge is 2.55. The van der Waals surface area contributed by atoms with Crippen LogP contribution in [0, 0.1) is 17.6 Å². The van der Waals surface area contributed by atoms with Gasteiger partial charge in [-0.1, -0.05) is 0 Å². The number of hydrogen-bond acceptors (Lipinski definition) is 5. The Kier molecular flexibility index (Phi) is 5.83. The number of ether oxygens (including phenoxy) is 1. The standard InChI is InChI=1S/C19H20F3N5O3/c1-30-9-2-4-14(25-7-9)17(28)26-13-5-3-11(21)15(16(13)22)19(8-20,27-18(24)29)10-6-12(10)23/h2-5,7,10,12H,6,8,23H2,1H3,(H,26,28)(H3,24,27,29)/t10-,12+,19-/m0/s1. The number of halogens is 3. The second-order valence-electron chi connectivity index (χ2n) is 6.92. The van der Waals surface area contributed by atoms with Crippen molar-refractivity contribution in [2.75, 3.05) is 19.1 Å². The molecule has 0 bridgehead atoms. The van der Waals surface area contributed by atoms with E-state index in [1.165, 1.54) is 25.4 Å². The number of primary amides is 1. The Morgan fingerprint density at radius 2 is 2.00 bits per heavy atom. The quantitative estimate of drug-likeness (QED) is 0.539. The minimum absolute atomic E-state index is 0.0581. The molecule has 1 fully saturated rings. The Bertz CT molecular complexity index is 973. The molecule has 0 spiro atoms. The van der Waals surface area contributed by atoms with E-state index in [1.807, 2.05) is 0 Å². The lowest BCUT2D eigenvalue weighted by molar-refractivity contribution is 0.102. The van der Waals surface area contributed by atoms with Crippen LogP contribution >= 0.6 is 0 Å². The van der Waals surface area contributed by atoms with Crippen LogP contribution in [-0.4, -0.2) is 36.7 Å². The third-order valence-corrected chi connectivity index (χ3v) is 5.02. The van der Waals surface area contributed by atoms with Gasteiger partial charge in [0.15, 0.2) is 5.82 Å². The Labute approximate surface area is 169 Å². The monoisotopic (exact) mass is 423 g/mol. The summed E-state index contributed by atoms with van der Waals surface area (Å²) >= 11 is 0. The van der Waals surface area contributed by atoms with Crippen molar-refractivity contribution in [3.63, 3.8) is 0 Å². The van der Waals surface area contributed by atoms with Gasteiger partial charge >= 0.3 is 6.03 Å². The Balaban J connectivity index is 1.99. The molecule has 1 aromatic heterocycles. The lowest BCUT2D eigenvalue weighted by Gasteiger charge is -2.33. The summed E-state index contributed by atoms with van der Waals surface area (Å²) in [7, 11) is 1.43. The number of aromatic nitrogens is 1. The molecule has 0 saturated heterocycles. The predicted octanol–water partition coefficient (Wildman–Crippen LogP) is 1.80. The molecule has 160 valence electrons. The van der Waals surface area contributed by atoms with Gasteiger partial charge < -0.3 is 26.8 Å². The molecule has 0 aliphatic heterocycles. The van der Waals surface area contributed by atoms with Crippen LogP contribution in [0.1, 0.15) is 22.5 Å². The van der Waals surface area contributed by atoms with Gasteiger partial charge in [-0.05, 0) is 30.7 Å². The topological polar surface area (TPSA) is 132 Å². The maximum atomic E-state index is 15.3. The SMILES string of the molecule is COc1ccc(C(=O)Nc2ccc(F)c([C@@](CF)(NC(N)=O)[C@H]3C[C@H]3N)c2F)nc1. The smallest absolute Gasteiger partial charge is 0.312 e. The van der Waals surface area contributed by atoms with Gasteiger partial charge in [0, 0.05) is 12.0 Å². The third-order valence-electron chi connectivity index (χ3n) is 5.02. The molecule has 1 aromatic carbocycles. The number of methoxy groups -OCH3 is 1. The maximum Gasteiger partial charge on any atom is 0.312 e. The molecule has 0 radical (unpaired) electrons. The Hall–Kier alpha value is -3.34. The molecule has 2 aromatic rings. The average Bonchev–Trinajstić information content (AvgIpc) is 3.46. The molecule has 3 rings (SSSR count). The number of nitrogens with zero attached hydrogens (tertiary/aromatic N) is 1. The maximum absolute atomic E-state index is 15.3. The summed E-state index contributed by atoms with van der Waals surface area (Å²) in [6, 6.07) is 2.93. The first kappa shape index (κ1) is 21.4. The Morgan fingerprint density at radius 1 is 1.30 bits per heavy atom. The average molecular weight is 423 g/mol. The Morgan fingerprint density at radius 3 is 2.50 bits per heavy atom. The van der Waals surface area contributed by atoms with Crippen molar-refractivity contribution in [2.45, 2.75) is 18.0 Å². The zero-order valence-electron chi connectivity index (χ0n) is 15.9. The number of nitrogens with two attached hydrogens (primary N) is 2. The van der Waals surface area contributed by atoms with Crippen molar-refractivity contribution in [2.24, 2.45) is 17.4 Å². The van der Waals surface area contributed by atoms with E-state index in [4.69, 9.17) is 16.2 Å². The first-order chi connectivity index (χ1) is 14.2. The summed E-state index contributed by atoms with van der Waals surface area (Å²) < 4.78 is 49.0. The van der Waals surface area contributed by atoms with Crippen LogP contribution in [0.2, 0.25) is 0 Å². The van der Waals surface area contributed by atoms with Crippen molar-refractivity contribution < 1.29 is 27.5 Å². The van der Waals surface area contributed by atoms with Crippen molar-refractivity contribution in [3.8, 4) is 5.75 Å². The van der Waals surface area contributed by atoms with E-state index >= 15 is 4.39 Å². The van der Waals surface area contributed by atoms with E-state index in [-0.39, 0.29) is 12.1 Å². The van der Waals surface area contributed by atoms with Crippen LogP contribution in [-0.2, 0) is 5.54 Å². The molecular weight excluding hydrogens is 403 g/mol. The fourth-order valence-corrected chi connectivity index (χ4v) is 3.42. The highest BCUT2D eigenvalue weighted by atomic mass is 19.1. The number of benzene rings is 1. The number of anilines is 1. The fraction of sp³-hybridized carbons (Fsp3) is 0.316. The van der Waals surface area contributed by atoms with Gasteiger partial charge in [0.05, 0.1) is 24.6 Å². The van der Waals surface area contributed by atoms with Gasteiger partial charge in [0.2, 0.25) is 0 Å². The molecule has 3 amide bonds. The van der Waals surface area contributed by atoms with Gasteiger partial charge in [-0.25, -0.2) is 22.9 Å². The van der Waals surface area contributed by atoms with E-state index in [0.717, 1.165) is 12.1 Å². The number of pyridine rings is 1. The normalized spacial score (nSPS) is 19.5. The molecule has 1 heterocycles. The van der Waals surface area contributed by atoms with Crippen LogP contribution in [0.5, 0.6) is 5.75 Å². The second-order valence-corrected chi connectivity index (χ2v) is 6.92. The van der Waals surface area contributed by atoms with E-state index < -0.39 is 59.0 Å². The molecule has 8 nitrogen and oxygen atoms in total. The number of alkyl halides is 1. The summed E-state index contributed by atoms with van der Waals surface area (Å²) in [5.41, 5.74) is 7.56. The van der Waals surface area contributed by atoms with Crippen molar-refractivity contribution in [3.05, 3.63) is 53.4 Å². The number of amides is 3. The van der Waals surface area contributed by atoms with Gasteiger partial charge in [-0.3, -0.25) is 4.79 Å². The van der Waals surface area contributed by atoms with Gasteiger partial charge in [-0.2, -0.15) is 0 Å².